The molecule has 0 unspecified atom stereocenters. The molecule has 0 aliphatic carbocycles. The van der Waals surface area contributed by atoms with E-state index in [4.69, 9.17) is 4.74 Å². The maximum absolute atomic E-state index is 12.5. The van der Waals surface area contributed by atoms with Crippen LogP contribution in [0.3, 0.4) is 0 Å². The number of nitro groups is 1. The highest BCUT2D eigenvalue weighted by Gasteiger charge is 2.24. The first-order chi connectivity index (χ1) is 12.2. The van der Waals surface area contributed by atoms with Crippen molar-refractivity contribution in [3.63, 3.8) is 0 Å². The molecule has 0 saturated heterocycles. The molecule has 2 aromatic rings. The normalized spacial score (nSPS) is 12.4. The second-order valence-corrected chi connectivity index (χ2v) is 7.30. The van der Waals surface area contributed by atoms with Gasteiger partial charge in [0, 0.05) is 12.1 Å². The van der Waals surface area contributed by atoms with Crippen molar-refractivity contribution in [3.05, 3.63) is 64.2 Å². The standard InChI is InChI=1S/C17H18N2O6S/c1-12(20)17(11-13-3-7-15(25-2)8-4-13)18-26(23,24)16-9-5-14(6-10-16)19(21)22/h3-10,17-18H,11H2,1-2H3/t17-/m1/s1. The molecule has 0 spiro atoms. The summed E-state index contributed by atoms with van der Waals surface area (Å²) in [6.45, 7) is 1.30. The van der Waals surface area contributed by atoms with Gasteiger partial charge in [-0.25, -0.2) is 13.1 Å². The van der Waals surface area contributed by atoms with Crippen molar-refractivity contribution < 1.29 is 22.9 Å². The van der Waals surface area contributed by atoms with Crippen LogP contribution in [0.5, 0.6) is 5.75 Å². The summed E-state index contributed by atoms with van der Waals surface area (Å²) in [4.78, 5) is 21.8. The van der Waals surface area contributed by atoms with Gasteiger partial charge in [-0.1, -0.05) is 12.1 Å². The van der Waals surface area contributed by atoms with Gasteiger partial charge in [0.05, 0.1) is 23.0 Å². The molecule has 2 rings (SSSR count). The lowest BCUT2D eigenvalue weighted by atomic mass is 10.0. The van der Waals surface area contributed by atoms with Crippen LogP contribution in [0.25, 0.3) is 0 Å². The Morgan fingerprint density at radius 1 is 1.15 bits per heavy atom. The predicted octanol–water partition coefficient (Wildman–Crippen LogP) is 2.08. The molecular weight excluding hydrogens is 360 g/mol. The molecule has 26 heavy (non-hydrogen) atoms. The Hall–Kier alpha value is -2.78. The van der Waals surface area contributed by atoms with E-state index in [9.17, 15) is 23.3 Å². The predicted molar refractivity (Wildman–Crippen MR) is 94.6 cm³/mol. The summed E-state index contributed by atoms with van der Waals surface area (Å²) < 4.78 is 32.3. The molecule has 0 aliphatic rings. The number of benzene rings is 2. The van der Waals surface area contributed by atoms with E-state index >= 15 is 0 Å². The number of hydrogen-bond acceptors (Lipinski definition) is 6. The fraction of sp³-hybridized carbons (Fsp3) is 0.235. The van der Waals surface area contributed by atoms with E-state index in [0.29, 0.717) is 5.75 Å². The zero-order valence-corrected chi connectivity index (χ0v) is 15.0. The molecule has 2 aromatic carbocycles. The monoisotopic (exact) mass is 378 g/mol. The third-order valence-electron chi connectivity index (χ3n) is 3.74. The molecule has 0 saturated carbocycles. The molecule has 138 valence electrons. The minimum absolute atomic E-state index is 0.149. The van der Waals surface area contributed by atoms with Crippen LogP contribution in [0.4, 0.5) is 5.69 Å². The lowest BCUT2D eigenvalue weighted by molar-refractivity contribution is -0.384. The maximum Gasteiger partial charge on any atom is 0.269 e. The summed E-state index contributed by atoms with van der Waals surface area (Å²) in [5.41, 5.74) is 0.544. The van der Waals surface area contributed by atoms with Crippen LogP contribution in [-0.4, -0.2) is 32.3 Å². The topological polar surface area (TPSA) is 116 Å². The van der Waals surface area contributed by atoms with E-state index in [1.54, 1.807) is 24.3 Å². The Kier molecular flexibility index (Phi) is 6.06. The first kappa shape index (κ1) is 19.5. The first-order valence-electron chi connectivity index (χ1n) is 7.63. The highest BCUT2D eigenvalue weighted by Crippen LogP contribution is 2.17. The molecular formula is C17H18N2O6S. The molecule has 0 bridgehead atoms. The molecule has 8 nitrogen and oxygen atoms in total. The van der Waals surface area contributed by atoms with Crippen LogP contribution in [0.15, 0.2) is 53.4 Å². The number of carbonyl (C=O) groups excluding carboxylic acids is 1. The number of nitrogens with zero attached hydrogens (tertiary/aromatic N) is 1. The van der Waals surface area contributed by atoms with Crippen molar-refractivity contribution in [1.82, 2.24) is 4.72 Å². The van der Waals surface area contributed by atoms with Crippen LogP contribution in [0.1, 0.15) is 12.5 Å². The fourth-order valence-corrected chi connectivity index (χ4v) is 3.52. The SMILES string of the molecule is COc1ccc(C[C@@H](NS(=O)(=O)c2ccc([N+](=O)[O-])cc2)C(C)=O)cc1. The molecule has 1 atom stereocenters. The minimum atomic E-state index is -4.00. The van der Waals surface area contributed by atoms with E-state index in [1.807, 2.05) is 0 Å². The quantitative estimate of drug-likeness (QED) is 0.555. The summed E-state index contributed by atoms with van der Waals surface area (Å²) in [5, 5.41) is 10.7. The largest absolute Gasteiger partial charge is 0.497 e. The average Bonchev–Trinajstić information content (AvgIpc) is 2.61. The van der Waals surface area contributed by atoms with Gasteiger partial charge >= 0.3 is 0 Å². The lowest BCUT2D eigenvalue weighted by Gasteiger charge is -2.16. The number of rotatable bonds is 8. The highest BCUT2D eigenvalue weighted by atomic mass is 32.2. The molecule has 0 heterocycles. The smallest absolute Gasteiger partial charge is 0.269 e. The average molecular weight is 378 g/mol. The summed E-state index contributed by atoms with van der Waals surface area (Å²) in [6, 6.07) is 10.4. The fourth-order valence-electron chi connectivity index (χ4n) is 2.27. The zero-order chi connectivity index (χ0) is 19.3. The Labute approximate surface area is 151 Å². The number of ether oxygens (including phenoxy) is 1. The second kappa shape index (κ2) is 8.07. The zero-order valence-electron chi connectivity index (χ0n) is 14.2. The van der Waals surface area contributed by atoms with Crippen LogP contribution < -0.4 is 9.46 Å². The molecule has 0 fully saturated rings. The van der Waals surface area contributed by atoms with Crippen molar-refractivity contribution in [1.29, 1.82) is 0 Å². The number of nitro benzene ring substituents is 1. The molecule has 1 N–H and O–H groups in total. The number of nitrogens with one attached hydrogen (secondary N) is 1. The first-order valence-corrected chi connectivity index (χ1v) is 9.11. The van der Waals surface area contributed by atoms with Crippen molar-refractivity contribution in [2.24, 2.45) is 0 Å². The third kappa shape index (κ3) is 4.87. The van der Waals surface area contributed by atoms with Crippen LogP contribution in [0, 0.1) is 10.1 Å². The highest BCUT2D eigenvalue weighted by molar-refractivity contribution is 7.89. The van der Waals surface area contributed by atoms with Crippen molar-refractivity contribution in [2.45, 2.75) is 24.3 Å². The van der Waals surface area contributed by atoms with E-state index in [-0.39, 0.29) is 22.8 Å². The number of Topliss-reactive ketones (excluding diaryl/α,β-unsaturated/α-hetero) is 1. The van der Waals surface area contributed by atoms with Crippen molar-refractivity contribution in [2.75, 3.05) is 7.11 Å². The van der Waals surface area contributed by atoms with Gasteiger partial charge in [-0.2, -0.15) is 0 Å². The summed E-state index contributed by atoms with van der Waals surface area (Å²) in [6.07, 6.45) is 0.172. The van der Waals surface area contributed by atoms with Gasteiger partial charge < -0.3 is 4.74 Å². The maximum atomic E-state index is 12.5. The number of carbonyl (C=O) groups is 1. The molecule has 9 heteroatoms. The van der Waals surface area contributed by atoms with E-state index < -0.39 is 21.0 Å². The summed E-state index contributed by atoms with van der Waals surface area (Å²) in [7, 11) is -2.46. The van der Waals surface area contributed by atoms with Crippen LogP contribution in [-0.2, 0) is 21.2 Å². The summed E-state index contributed by atoms with van der Waals surface area (Å²) in [5.74, 6) is 0.311. The van der Waals surface area contributed by atoms with E-state index in [2.05, 4.69) is 4.72 Å². The Morgan fingerprint density at radius 3 is 2.19 bits per heavy atom. The van der Waals surface area contributed by atoms with Gasteiger partial charge in [0.1, 0.15) is 11.5 Å². The molecule has 0 amide bonds. The lowest BCUT2D eigenvalue weighted by Crippen LogP contribution is -2.41. The van der Waals surface area contributed by atoms with Crippen molar-refractivity contribution in [3.8, 4) is 5.75 Å². The van der Waals surface area contributed by atoms with Gasteiger partial charge in [0.25, 0.3) is 5.69 Å². The number of ketones is 1. The number of sulfonamides is 1. The van der Waals surface area contributed by atoms with E-state index in [0.717, 1.165) is 29.8 Å². The van der Waals surface area contributed by atoms with Crippen LogP contribution in [0.2, 0.25) is 0 Å². The third-order valence-corrected chi connectivity index (χ3v) is 5.23. The Balaban J connectivity index is 2.19. The number of non-ortho nitro benzene ring substituents is 1. The second-order valence-electron chi connectivity index (χ2n) is 5.59. The van der Waals surface area contributed by atoms with Gasteiger partial charge in [-0.3, -0.25) is 14.9 Å². The number of hydrogen-bond donors (Lipinski definition) is 1. The minimum Gasteiger partial charge on any atom is -0.497 e. The summed E-state index contributed by atoms with van der Waals surface area (Å²) >= 11 is 0. The van der Waals surface area contributed by atoms with Gasteiger partial charge in [-0.05, 0) is 43.2 Å². The van der Waals surface area contributed by atoms with Gasteiger partial charge in [0.15, 0.2) is 0 Å². The van der Waals surface area contributed by atoms with Crippen LogP contribution >= 0.6 is 0 Å². The van der Waals surface area contributed by atoms with Gasteiger partial charge in [0.2, 0.25) is 10.0 Å². The van der Waals surface area contributed by atoms with Crippen molar-refractivity contribution >= 4 is 21.5 Å². The van der Waals surface area contributed by atoms with Gasteiger partial charge in [-0.15, -0.1) is 0 Å². The Bertz CT molecular complexity index is 892. The Morgan fingerprint density at radius 2 is 1.73 bits per heavy atom. The number of methoxy groups -OCH3 is 1. The molecule has 0 radical (unpaired) electrons. The molecule has 0 aromatic heterocycles. The van der Waals surface area contributed by atoms with E-state index in [1.165, 1.54) is 14.0 Å². The molecule has 0 aliphatic heterocycles.